The highest BCUT2D eigenvalue weighted by Crippen LogP contribution is 2.20. The van der Waals surface area contributed by atoms with Crippen molar-refractivity contribution in [2.75, 3.05) is 0 Å². The summed E-state index contributed by atoms with van der Waals surface area (Å²) in [6.45, 7) is 5.62. The highest BCUT2D eigenvalue weighted by atomic mass is 16.5. The number of carbonyl (C=O) groups excluding carboxylic acids is 1. The first kappa shape index (κ1) is 10.7. The van der Waals surface area contributed by atoms with E-state index in [0.29, 0.717) is 0 Å². The van der Waals surface area contributed by atoms with Crippen LogP contribution in [-0.4, -0.2) is 29.5 Å². The molecule has 64 valence electrons. The maximum Gasteiger partial charge on any atom is 0.188 e. The first-order valence-electron chi connectivity index (χ1n) is 3.61. The molecule has 0 amide bonds. The Morgan fingerprint density at radius 2 is 1.73 bits per heavy atom. The zero-order valence-corrected chi connectivity index (χ0v) is 7.51. The fourth-order valence-electron chi connectivity index (χ4n) is 0.649. The van der Waals surface area contributed by atoms with E-state index in [1.165, 1.54) is 0 Å². The van der Waals surface area contributed by atoms with E-state index in [-0.39, 0.29) is 11.8 Å². The summed E-state index contributed by atoms with van der Waals surface area (Å²) in [6, 6.07) is 0. The molecule has 0 saturated carbocycles. The SMILES string of the molecule is BC(O)(O)C(=O)CC(C)(C)C. The third-order valence-corrected chi connectivity index (χ3v) is 1.22. The average molecular weight is 158 g/mol. The van der Waals surface area contributed by atoms with Crippen molar-refractivity contribution < 1.29 is 15.0 Å². The van der Waals surface area contributed by atoms with Crippen molar-refractivity contribution >= 4 is 13.6 Å². The van der Waals surface area contributed by atoms with Crippen LogP contribution in [0.15, 0.2) is 0 Å². The third-order valence-electron chi connectivity index (χ3n) is 1.22. The molecule has 3 nitrogen and oxygen atoms in total. The van der Waals surface area contributed by atoms with Crippen molar-refractivity contribution in [2.45, 2.75) is 32.9 Å². The molecule has 0 aliphatic heterocycles. The molecule has 0 radical (unpaired) electrons. The van der Waals surface area contributed by atoms with Crippen LogP contribution < -0.4 is 0 Å². The van der Waals surface area contributed by atoms with Crippen molar-refractivity contribution in [2.24, 2.45) is 5.41 Å². The van der Waals surface area contributed by atoms with Crippen LogP contribution in [0.2, 0.25) is 0 Å². The van der Waals surface area contributed by atoms with Crippen LogP contribution in [0.5, 0.6) is 0 Å². The summed E-state index contributed by atoms with van der Waals surface area (Å²) >= 11 is 0. The number of hydrogen-bond donors (Lipinski definition) is 2. The van der Waals surface area contributed by atoms with Crippen LogP contribution in [0.4, 0.5) is 0 Å². The zero-order valence-electron chi connectivity index (χ0n) is 7.51. The van der Waals surface area contributed by atoms with Crippen molar-refractivity contribution in [1.82, 2.24) is 0 Å². The lowest BCUT2D eigenvalue weighted by molar-refractivity contribution is -0.157. The van der Waals surface area contributed by atoms with Gasteiger partial charge in [0.05, 0.1) is 0 Å². The monoisotopic (exact) mass is 158 g/mol. The van der Waals surface area contributed by atoms with E-state index < -0.39 is 11.5 Å². The molecule has 0 unspecified atom stereocenters. The summed E-state index contributed by atoms with van der Waals surface area (Å²) in [5.41, 5.74) is -2.36. The van der Waals surface area contributed by atoms with Crippen molar-refractivity contribution in [3.63, 3.8) is 0 Å². The van der Waals surface area contributed by atoms with Crippen molar-refractivity contribution in [1.29, 1.82) is 0 Å². The van der Waals surface area contributed by atoms with Gasteiger partial charge >= 0.3 is 0 Å². The summed E-state index contributed by atoms with van der Waals surface area (Å²) in [7, 11) is 1.08. The fourth-order valence-corrected chi connectivity index (χ4v) is 0.649. The predicted octanol–water partition coefficient (Wildman–Crippen LogP) is -0.737. The largest absolute Gasteiger partial charge is 0.367 e. The quantitative estimate of drug-likeness (QED) is 0.411. The smallest absolute Gasteiger partial charge is 0.188 e. The molecule has 0 saturated heterocycles. The van der Waals surface area contributed by atoms with Gasteiger partial charge in [-0.05, 0) is 5.41 Å². The van der Waals surface area contributed by atoms with Crippen LogP contribution in [0.1, 0.15) is 27.2 Å². The summed E-state index contributed by atoms with van der Waals surface area (Å²) in [5, 5.41) is 17.7. The molecule has 2 N–H and O–H groups in total. The molecule has 0 aromatic heterocycles. The number of ketones is 1. The van der Waals surface area contributed by atoms with Gasteiger partial charge in [0.2, 0.25) is 0 Å². The zero-order chi connectivity index (χ0) is 9.28. The Kier molecular flexibility index (Phi) is 2.86. The second-order valence-electron chi connectivity index (χ2n) is 4.18. The first-order valence-corrected chi connectivity index (χ1v) is 3.61. The van der Waals surface area contributed by atoms with Gasteiger partial charge in [0, 0.05) is 6.42 Å². The van der Waals surface area contributed by atoms with Crippen LogP contribution >= 0.6 is 0 Å². The van der Waals surface area contributed by atoms with Gasteiger partial charge in [-0.25, -0.2) is 0 Å². The van der Waals surface area contributed by atoms with Gasteiger partial charge in [0.15, 0.2) is 19.3 Å². The number of aliphatic hydroxyl groups is 2. The molecule has 4 heteroatoms. The van der Waals surface area contributed by atoms with E-state index >= 15 is 0 Å². The normalized spacial score (nSPS) is 13.2. The third kappa shape index (κ3) is 4.98. The standard InChI is InChI=1S/C7H15BO3/c1-6(2,3)4-5(9)7(8,10)11/h10-11H,4,8H2,1-3H3. The van der Waals surface area contributed by atoms with E-state index in [9.17, 15) is 4.79 Å². The molecule has 0 aromatic rings. The van der Waals surface area contributed by atoms with Crippen LogP contribution in [0.25, 0.3) is 0 Å². The Morgan fingerprint density at radius 3 is 1.82 bits per heavy atom. The molecule has 0 fully saturated rings. The maximum atomic E-state index is 11.0. The lowest BCUT2D eigenvalue weighted by atomic mass is 9.81. The van der Waals surface area contributed by atoms with Gasteiger partial charge in [0.1, 0.15) is 0 Å². The van der Waals surface area contributed by atoms with E-state index in [2.05, 4.69) is 0 Å². The average Bonchev–Trinajstić information content (AvgIpc) is 1.56. The highest BCUT2D eigenvalue weighted by molar-refractivity contribution is 6.25. The van der Waals surface area contributed by atoms with Gasteiger partial charge in [0.25, 0.3) is 0 Å². The maximum absolute atomic E-state index is 11.0. The molecule has 0 heterocycles. The minimum atomic E-state index is -2.17. The molecule has 0 aliphatic carbocycles. The number of carbonyl (C=O) groups is 1. The predicted molar refractivity (Wildman–Crippen MR) is 44.8 cm³/mol. The molecule has 0 bridgehead atoms. The minimum absolute atomic E-state index is 0.177. The minimum Gasteiger partial charge on any atom is -0.367 e. The summed E-state index contributed by atoms with van der Waals surface area (Å²) in [4.78, 5) is 11.0. The van der Waals surface area contributed by atoms with Crippen molar-refractivity contribution in [3.05, 3.63) is 0 Å². The molecule has 0 aromatic carbocycles. The van der Waals surface area contributed by atoms with E-state index in [0.717, 1.165) is 7.85 Å². The Labute approximate surface area is 67.8 Å². The lowest BCUT2D eigenvalue weighted by Crippen LogP contribution is -2.40. The fraction of sp³-hybridized carbons (Fsp3) is 0.857. The first-order chi connectivity index (χ1) is 4.63. The summed E-state index contributed by atoms with van der Waals surface area (Å²) < 4.78 is 0. The molecule has 0 rings (SSSR count). The molecular weight excluding hydrogens is 143 g/mol. The number of hydrogen-bond acceptors (Lipinski definition) is 3. The molecule has 0 aliphatic rings. The molecule has 0 atom stereocenters. The molecule has 0 spiro atoms. The van der Waals surface area contributed by atoms with Gasteiger partial charge in [-0.3, -0.25) is 4.79 Å². The molecular formula is C7H15BO3. The van der Waals surface area contributed by atoms with Crippen LogP contribution in [0, 0.1) is 5.41 Å². The van der Waals surface area contributed by atoms with E-state index in [4.69, 9.17) is 10.2 Å². The van der Waals surface area contributed by atoms with Crippen molar-refractivity contribution in [3.8, 4) is 0 Å². The second kappa shape index (κ2) is 2.95. The van der Waals surface area contributed by atoms with E-state index in [1.807, 2.05) is 20.8 Å². The van der Waals surface area contributed by atoms with Gasteiger partial charge in [-0.2, -0.15) is 0 Å². The van der Waals surface area contributed by atoms with Gasteiger partial charge in [-0.1, -0.05) is 20.8 Å². The van der Waals surface area contributed by atoms with Crippen LogP contribution in [0.3, 0.4) is 0 Å². The van der Waals surface area contributed by atoms with E-state index in [1.54, 1.807) is 0 Å². The second-order valence-corrected chi connectivity index (χ2v) is 4.18. The topological polar surface area (TPSA) is 57.5 Å². The Morgan fingerprint density at radius 1 is 1.36 bits per heavy atom. The summed E-state index contributed by atoms with van der Waals surface area (Å²) in [5.74, 6) is -0.537. The number of Topliss-reactive ketones (excluding diaryl/α,β-unsaturated/α-hetero) is 1. The van der Waals surface area contributed by atoms with Gasteiger partial charge < -0.3 is 10.2 Å². The van der Waals surface area contributed by atoms with Crippen LogP contribution in [-0.2, 0) is 4.79 Å². The number of rotatable bonds is 2. The Bertz CT molecular complexity index is 152. The van der Waals surface area contributed by atoms with Gasteiger partial charge in [-0.15, -0.1) is 0 Å². The Balaban J connectivity index is 4.11. The Hall–Kier alpha value is -0.345. The summed E-state index contributed by atoms with van der Waals surface area (Å²) in [6.07, 6.45) is 0.177. The highest BCUT2D eigenvalue weighted by Gasteiger charge is 2.29. The molecule has 11 heavy (non-hydrogen) atoms. The lowest BCUT2D eigenvalue weighted by Gasteiger charge is -2.22.